The van der Waals surface area contributed by atoms with Crippen molar-refractivity contribution in [3.8, 4) is 5.75 Å². The van der Waals surface area contributed by atoms with Crippen molar-refractivity contribution in [1.82, 2.24) is 0 Å². The van der Waals surface area contributed by atoms with Crippen molar-refractivity contribution >= 4 is 37.8 Å². The molecule has 0 bridgehead atoms. The summed E-state index contributed by atoms with van der Waals surface area (Å²) in [5, 5.41) is 0. The van der Waals surface area contributed by atoms with Crippen molar-refractivity contribution in [3.05, 3.63) is 39.3 Å². The fourth-order valence-corrected chi connectivity index (χ4v) is 2.23. The zero-order chi connectivity index (χ0) is 12.7. The Morgan fingerprint density at radius 1 is 1.41 bits per heavy atom. The highest BCUT2D eigenvalue weighted by atomic mass is 79.9. The Bertz CT molecular complexity index is 416. The molecule has 0 unspecified atom stereocenters. The Balaban J connectivity index is 2.43. The summed E-state index contributed by atoms with van der Waals surface area (Å²) >= 11 is 6.74. The van der Waals surface area contributed by atoms with Crippen LogP contribution in [0.2, 0.25) is 0 Å². The summed E-state index contributed by atoms with van der Waals surface area (Å²) in [6, 6.07) is 5.62. The molecular weight excluding hydrogens is 352 g/mol. The molecule has 0 amide bonds. The summed E-state index contributed by atoms with van der Waals surface area (Å²) in [6.45, 7) is 2.46. The lowest BCUT2D eigenvalue weighted by Crippen LogP contribution is -2.01. The maximum atomic E-state index is 11.0. The van der Waals surface area contributed by atoms with E-state index in [1.54, 1.807) is 13.0 Å². The summed E-state index contributed by atoms with van der Waals surface area (Å²) in [7, 11) is 0. The van der Waals surface area contributed by atoms with Crippen LogP contribution in [0.3, 0.4) is 0 Å². The second-order valence-corrected chi connectivity index (χ2v) is 4.81. The number of halogens is 2. The summed E-state index contributed by atoms with van der Waals surface area (Å²) in [6.07, 6.45) is 2.97. The first-order chi connectivity index (χ1) is 8.13. The number of ether oxygens (including phenoxy) is 2. The van der Waals surface area contributed by atoms with Crippen molar-refractivity contribution in [2.24, 2.45) is 0 Å². The molecular formula is C12H12Br2O3. The first-order valence-corrected chi connectivity index (χ1v) is 6.63. The topological polar surface area (TPSA) is 35.5 Å². The Labute approximate surface area is 117 Å². The average Bonchev–Trinajstić information content (AvgIpc) is 2.27. The van der Waals surface area contributed by atoms with Gasteiger partial charge in [-0.05, 0) is 47.1 Å². The molecule has 1 aromatic rings. The van der Waals surface area contributed by atoms with Gasteiger partial charge in [-0.2, -0.15) is 0 Å². The zero-order valence-electron chi connectivity index (χ0n) is 9.28. The van der Waals surface area contributed by atoms with Crippen LogP contribution in [0, 0.1) is 0 Å². The van der Waals surface area contributed by atoms with E-state index >= 15 is 0 Å². The van der Waals surface area contributed by atoms with Crippen LogP contribution >= 0.6 is 31.9 Å². The van der Waals surface area contributed by atoms with Gasteiger partial charge < -0.3 is 9.47 Å². The van der Waals surface area contributed by atoms with Crippen molar-refractivity contribution < 1.29 is 14.3 Å². The zero-order valence-corrected chi connectivity index (χ0v) is 12.5. The van der Waals surface area contributed by atoms with Gasteiger partial charge in [0.25, 0.3) is 0 Å². The molecule has 0 radical (unpaired) electrons. The molecule has 0 aliphatic heterocycles. The van der Waals surface area contributed by atoms with Crippen molar-refractivity contribution in [3.63, 3.8) is 0 Å². The largest absolute Gasteiger partial charge is 0.488 e. The number of benzene rings is 1. The van der Waals surface area contributed by atoms with Gasteiger partial charge in [-0.3, -0.25) is 0 Å². The minimum Gasteiger partial charge on any atom is -0.488 e. The fourth-order valence-electron chi connectivity index (χ4n) is 1.06. The molecule has 3 nitrogen and oxygen atoms in total. The van der Waals surface area contributed by atoms with Crippen LogP contribution in [0.4, 0.5) is 0 Å². The van der Waals surface area contributed by atoms with Gasteiger partial charge in [0.2, 0.25) is 0 Å². The minimum absolute atomic E-state index is 0.318. The molecule has 0 N–H and O–H groups in total. The highest BCUT2D eigenvalue weighted by Crippen LogP contribution is 2.28. The molecule has 0 aliphatic carbocycles. The second-order valence-electron chi connectivity index (χ2n) is 3.04. The van der Waals surface area contributed by atoms with E-state index in [0.717, 1.165) is 14.7 Å². The maximum absolute atomic E-state index is 11.0. The van der Waals surface area contributed by atoms with E-state index in [1.165, 1.54) is 6.08 Å². The second kappa shape index (κ2) is 7.50. The van der Waals surface area contributed by atoms with E-state index in [2.05, 4.69) is 31.9 Å². The molecule has 0 saturated heterocycles. The number of hydrogen-bond acceptors (Lipinski definition) is 3. The van der Waals surface area contributed by atoms with E-state index in [4.69, 9.17) is 9.47 Å². The lowest BCUT2D eigenvalue weighted by Gasteiger charge is -2.05. The number of carbonyl (C=O) groups excluding carboxylic acids is 1. The Hall–Kier alpha value is -0.810. The molecule has 1 rings (SSSR count). The quantitative estimate of drug-likeness (QED) is 0.591. The van der Waals surface area contributed by atoms with E-state index in [9.17, 15) is 4.79 Å². The third-order valence-electron chi connectivity index (χ3n) is 1.77. The molecule has 17 heavy (non-hydrogen) atoms. The summed E-state index contributed by atoms with van der Waals surface area (Å²) in [5.41, 5.74) is 0. The molecule has 92 valence electrons. The molecule has 0 aromatic heterocycles. The van der Waals surface area contributed by atoms with Gasteiger partial charge in [0.05, 0.1) is 11.1 Å². The lowest BCUT2D eigenvalue weighted by atomic mass is 10.3. The van der Waals surface area contributed by atoms with Crippen molar-refractivity contribution in [2.75, 3.05) is 13.2 Å². The number of carbonyl (C=O) groups is 1. The van der Waals surface area contributed by atoms with Crippen LogP contribution < -0.4 is 4.74 Å². The smallest absolute Gasteiger partial charge is 0.330 e. The molecule has 1 aromatic carbocycles. The third-order valence-corrected chi connectivity index (χ3v) is 2.88. The van der Waals surface area contributed by atoms with Crippen LogP contribution in [0.15, 0.2) is 39.3 Å². The van der Waals surface area contributed by atoms with Gasteiger partial charge in [-0.15, -0.1) is 0 Å². The summed E-state index contributed by atoms with van der Waals surface area (Å²) in [4.78, 5) is 11.0. The molecule has 0 aliphatic rings. The van der Waals surface area contributed by atoms with E-state index in [0.29, 0.717) is 13.2 Å². The van der Waals surface area contributed by atoms with Gasteiger partial charge in [0.1, 0.15) is 12.4 Å². The van der Waals surface area contributed by atoms with Crippen LogP contribution in [0.1, 0.15) is 6.92 Å². The fraction of sp³-hybridized carbons (Fsp3) is 0.250. The number of hydrogen-bond donors (Lipinski definition) is 0. The Morgan fingerprint density at radius 3 is 2.82 bits per heavy atom. The van der Waals surface area contributed by atoms with Crippen molar-refractivity contribution in [1.29, 1.82) is 0 Å². The van der Waals surface area contributed by atoms with Gasteiger partial charge in [-0.1, -0.05) is 15.9 Å². The van der Waals surface area contributed by atoms with E-state index < -0.39 is 0 Å². The molecule has 0 atom stereocenters. The molecule has 0 heterocycles. The Morgan fingerprint density at radius 2 is 2.18 bits per heavy atom. The molecule has 5 heteroatoms. The molecule has 0 spiro atoms. The van der Waals surface area contributed by atoms with Crippen molar-refractivity contribution in [2.45, 2.75) is 6.92 Å². The predicted molar refractivity (Wildman–Crippen MR) is 73.1 cm³/mol. The monoisotopic (exact) mass is 362 g/mol. The standard InChI is InChI=1S/C12H12Br2O3/c1-2-16-12(15)4-3-7-17-11-6-5-9(13)8-10(11)14/h3-6,8H,2,7H2,1H3/b4-3+. The van der Waals surface area contributed by atoms with Crippen LogP contribution in [0.25, 0.3) is 0 Å². The van der Waals surface area contributed by atoms with Gasteiger partial charge in [0, 0.05) is 10.5 Å². The average molecular weight is 364 g/mol. The van der Waals surface area contributed by atoms with Gasteiger partial charge in [0.15, 0.2) is 0 Å². The van der Waals surface area contributed by atoms with Crippen LogP contribution in [0.5, 0.6) is 5.75 Å². The third kappa shape index (κ3) is 5.37. The first kappa shape index (κ1) is 14.3. The lowest BCUT2D eigenvalue weighted by molar-refractivity contribution is -0.137. The SMILES string of the molecule is CCOC(=O)/C=C/COc1ccc(Br)cc1Br. The van der Waals surface area contributed by atoms with Gasteiger partial charge in [-0.25, -0.2) is 4.79 Å². The molecule has 0 fully saturated rings. The molecule has 0 saturated carbocycles. The highest BCUT2D eigenvalue weighted by Gasteiger charge is 2.00. The number of esters is 1. The summed E-state index contributed by atoms with van der Waals surface area (Å²) in [5.74, 6) is 0.368. The predicted octanol–water partition coefficient (Wildman–Crippen LogP) is 3.71. The Kier molecular flexibility index (Phi) is 6.29. The minimum atomic E-state index is -0.356. The number of rotatable bonds is 5. The van der Waals surface area contributed by atoms with Gasteiger partial charge >= 0.3 is 5.97 Å². The highest BCUT2D eigenvalue weighted by molar-refractivity contribution is 9.11. The van der Waals surface area contributed by atoms with Crippen LogP contribution in [-0.2, 0) is 9.53 Å². The normalized spacial score (nSPS) is 10.5. The maximum Gasteiger partial charge on any atom is 0.330 e. The van der Waals surface area contributed by atoms with Crippen LogP contribution in [-0.4, -0.2) is 19.2 Å². The summed E-state index contributed by atoms with van der Waals surface area (Å²) < 4.78 is 12.0. The first-order valence-electron chi connectivity index (χ1n) is 5.04. The van der Waals surface area contributed by atoms with E-state index in [1.807, 2.05) is 18.2 Å². The van der Waals surface area contributed by atoms with E-state index in [-0.39, 0.29) is 5.97 Å².